The second-order valence-electron chi connectivity index (χ2n) is 5.89. The lowest BCUT2D eigenvalue weighted by molar-refractivity contribution is 0.0791. The molecule has 0 bridgehead atoms. The Morgan fingerprint density at radius 2 is 2.05 bits per heavy atom. The Labute approximate surface area is 132 Å². The normalized spacial score (nSPS) is 24.1. The van der Waals surface area contributed by atoms with Gasteiger partial charge in [-0.2, -0.15) is 11.8 Å². The molecule has 2 fully saturated rings. The van der Waals surface area contributed by atoms with Crippen molar-refractivity contribution in [2.75, 3.05) is 45.6 Å². The summed E-state index contributed by atoms with van der Waals surface area (Å²) in [5, 5.41) is 13.0. The average Bonchev–Trinajstić information content (AvgIpc) is 2.53. The molecular formula is C15H29N3O2S. The third kappa shape index (κ3) is 4.76. The fourth-order valence-electron chi connectivity index (χ4n) is 2.89. The molecule has 2 aliphatic heterocycles. The summed E-state index contributed by atoms with van der Waals surface area (Å²) in [6, 6.07) is 0. The summed E-state index contributed by atoms with van der Waals surface area (Å²) >= 11 is 1.93. The summed E-state index contributed by atoms with van der Waals surface area (Å²) in [4.78, 5) is 7.18. The van der Waals surface area contributed by atoms with Crippen LogP contribution >= 0.6 is 11.8 Å². The molecule has 2 aliphatic rings. The molecule has 2 saturated heterocycles. The van der Waals surface area contributed by atoms with Crippen LogP contribution in [0, 0.1) is 0 Å². The molecule has 0 unspecified atom stereocenters. The zero-order valence-electron chi connectivity index (χ0n) is 13.3. The Morgan fingerprint density at radius 1 is 1.38 bits per heavy atom. The third-order valence-corrected chi connectivity index (χ3v) is 5.86. The van der Waals surface area contributed by atoms with Gasteiger partial charge >= 0.3 is 0 Å². The maximum Gasteiger partial charge on any atom is 0.193 e. The predicted molar refractivity (Wildman–Crippen MR) is 89.1 cm³/mol. The number of nitrogens with one attached hydrogen (secondary N) is 1. The lowest BCUT2D eigenvalue weighted by atomic mass is 9.99. The number of likely N-dealkylation sites (tertiary alicyclic amines) is 1. The first-order valence-corrected chi connectivity index (χ1v) is 9.26. The summed E-state index contributed by atoms with van der Waals surface area (Å²) in [5.74, 6) is 1.00. The van der Waals surface area contributed by atoms with Crippen LogP contribution in [0.2, 0.25) is 0 Å². The van der Waals surface area contributed by atoms with Crippen LogP contribution in [0.15, 0.2) is 4.99 Å². The van der Waals surface area contributed by atoms with Crippen molar-refractivity contribution < 1.29 is 9.84 Å². The van der Waals surface area contributed by atoms with E-state index in [2.05, 4.69) is 23.4 Å². The molecule has 122 valence electrons. The van der Waals surface area contributed by atoms with E-state index in [4.69, 9.17) is 9.73 Å². The van der Waals surface area contributed by atoms with Gasteiger partial charge in [-0.15, -0.1) is 0 Å². The summed E-state index contributed by atoms with van der Waals surface area (Å²) in [5.41, 5.74) is 0. The number of ether oxygens (including phenoxy) is 1. The smallest absolute Gasteiger partial charge is 0.193 e. The topological polar surface area (TPSA) is 57.1 Å². The molecule has 0 radical (unpaired) electrons. The predicted octanol–water partition coefficient (Wildman–Crippen LogP) is 1.32. The SMILES string of the molecule is CCNC(=NCC1(SC)CCOCC1)N1CCC(O)CC1. The first-order chi connectivity index (χ1) is 10.2. The number of rotatable bonds is 4. The lowest BCUT2D eigenvalue weighted by Crippen LogP contribution is -2.47. The third-order valence-electron chi connectivity index (χ3n) is 4.45. The second kappa shape index (κ2) is 8.25. The molecule has 0 aromatic rings. The molecule has 0 aromatic carbocycles. The molecule has 0 saturated carbocycles. The Morgan fingerprint density at radius 3 is 2.62 bits per heavy atom. The highest BCUT2D eigenvalue weighted by molar-refractivity contribution is 8.00. The van der Waals surface area contributed by atoms with Gasteiger partial charge in [0.2, 0.25) is 0 Å². The molecule has 0 aliphatic carbocycles. The summed E-state index contributed by atoms with van der Waals surface area (Å²) < 4.78 is 5.72. The number of nitrogens with zero attached hydrogens (tertiary/aromatic N) is 2. The molecule has 21 heavy (non-hydrogen) atoms. The summed E-state index contributed by atoms with van der Waals surface area (Å²) in [6.45, 7) is 7.32. The number of aliphatic hydroxyl groups excluding tert-OH is 1. The highest BCUT2D eigenvalue weighted by Crippen LogP contribution is 2.34. The number of hydrogen-bond acceptors (Lipinski definition) is 4. The van der Waals surface area contributed by atoms with Gasteiger partial charge in [0.05, 0.1) is 12.6 Å². The average molecular weight is 315 g/mol. The van der Waals surface area contributed by atoms with Gasteiger partial charge in [0, 0.05) is 37.6 Å². The Kier molecular flexibility index (Phi) is 6.64. The van der Waals surface area contributed by atoms with Crippen LogP contribution in [0.25, 0.3) is 0 Å². The standard InChI is InChI=1S/C15H29N3O2S/c1-3-16-14(18-8-4-13(19)5-9-18)17-12-15(21-2)6-10-20-11-7-15/h13,19H,3-12H2,1-2H3,(H,16,17). The van der Waals surface area contributed by atoms with Crippen molar-refractivity contribution in [3.8, 4) is 0 Å². The van der Waals surface area contributed by atoms with Gasteiger partial charge in [-0.3, -0.25) is 4.99 Å². The Hall–Kier alpha value is -0.460. The maximum absolute atomic E-state index is 9.65. The molecule has 0 amide bonds. The van der Waals surface area contributed by atoms with Crippen molar-refractivity contribution in [3.63, 3.8) is 0 Å². The van der Waals surface area contributed by atoms with E-state index < -0.39 is 0 Å². The molecule has 6 heteroatoms. The van der Waals surface area contributed by atoms with Crippen LogP contribution in [0.5, 0.6) is 0 Å². The van der Waals surface area contributed by atoms with Crippen molar-refractivity contribution >= 4 is 17.7 Å². The minimum Gasteiger partial charge on any atom is -0.393 e. The summed E-state index contributed by atoms with van der Waals surface area (Å²) in [6.07, 6.45) is 5.88. The molecule has 0 aromatic heterocycles. The van der Waals surface area contributed by atoms with E-state index in [1.54, 1.807) is 0 Å². The van der Waals surface area contributed by atoms with Crippen LogP contribution in [0.3, 0.4) is 0 Å². The molecule has 5 nitrogen and oxygen atoms in total. The van der Waals surface area contributed by atoms with E-state index in [1.807, 2.05) is 11.8 Å². The molecule has 2 rings (SSSR count). The lowest BCUT2D eigenvalue weighted by Gasteiger charge is -2.36. The molecule has 2 heterocycles. The molecular weight excluding hydrogens is 286 g/mol. The highest BCUT2D eigenvalue weighted by Gasteiger charge is 2.32. The van der Waals surface area contributed by atoms with Gasteiger partial charge in [-0.25, -0.2) is 0 Å². The van der Waals surface area contributed by atoms with Gasteiger partial charge in [0.1, 0.15) is 0 Å². The summed E-state index contributed by atoms with van der Waals surface area (Å²) in [7, 11) is 0. The van der Waals surface area contributed by atoms with Crippen molar-refractivity contribution in [2.45, 2.75) is 43.5 Å². The zero-order valence-corrected chi connectivity index (χ0v) is 14.1. The number of hydrogen-bond donors (Lipinski definition) is 2. The minimum absolute atomic E-state index is 0.142. The minimum atomic E-state index is -0.142. The number of piperidine rings is 1. The molecule has 0 atom stereocenters. The fraction of sp³-hybridized carbons (Fsp3) is 0.933. The van der Waals surface area contributed by atoms with Crippen LogP contribution in [0.4, 0.5) is 0 Å². The van der Waals surface area contributed by atoms with Gasteiger partial charge < -0.3 is 20.1 Å². The van der Waals surface area contributed by atoms with Crippen molar-refractivity contribution in [1.29, 1.82) is 0 Å². The van der Waals surface area contributed by atoms with Gasteiger partial charge in [0.25, 0.3) is 0 Å². The first-order valence-electron chi connectivity index (χ1n) is 8.03. The maximum atomic E-state index is 9.65. The van der Waals surface area contributed by atoms with Crippen LogP contribution in [0.1, 0.15) is 32.6 Å². The second-order valence-corrected chi connectivity index (χ2v) is 7.16. The van der Waals surface area contributed by atoms with E-state index in [0.717, 1.165) is 71.0 Å². The number of aliphatic hydroxyl groups is 1. The van der Waals surface area contributed by atoms with Crippen LogP contribution < -0.4 is 5.32 Å². The Balaban J connectivity index is 1.99. The number of guanidine groups is 1. The van der Waals surface area contributed by atoms with E-state index in [9.17, 15) is 5.11 Å². The van der Waals surface area contributed by atoms with E-state index in [-0.39, 0.29) is 10.9 Å². The number of thioether (sulfide) groups is 1. The van der Waals surface area contributed by atoms with Crippen molar-refractivity contribution in [3.05, 3.63) is 0 Å². The molecule has 2 N–H and O–H groups in total. The largest absolute Gasteiger partial charge is 0.393 e. The van der Waals surface area contributed by atoms with Crippen molar-refractivity contribution in [2.24, 2.45) is 4.99 Å². The van der Waals surface area contributed by atoms with E-state index >= 15 is 0 Å². The molecule has 0 spiro atoms. The Bertz CT molecular complexity index is 338. The van der Waals surface area contributed by atoms with E-state index in [1.165, 1.54) is 0 Å². The zero-order chi connectivity index (χ0) is 15.1. The first kappa shape index (κ1) is 16.9. The van der Waals surface area contributed by atoms with E-state index in [0.29, 0.717) is 0 Å². The van der Waals surface area contributed by atoms with Gasteiger partial charge in [-0.05, 0) is 38.9 Å². The van der Waals surface area contributed by atoms with Gasteiger partial charge in [-0.1, -0.05) is 0 Å². The number of aliphatic imine (C=N–C) groups is 1. The fourth-order valence-corrected chi connectivity index (χ4v) is 3.66. The van der Waals surface area contributed by atoms with Crippen LogP contribution in [-0.2, 0) is 4.74 Å². The highest BCUT2D eigenvalue weighted by atomic mass is 32.2. The van der Waals surface area contributed by atoms with Crippen molar-refractivity contribution in [1.82, 2.24) is 10.2 Å². The quantitative estimate of drug-likeness (QED) is 0.605. The van der Waals surface area contributed by atoms with Gasteiger partial charge in [0.15, 0.2) is 5.96 Å². The monoisotopic (exact) mass is 315 g/mol. The van der Waals surface area contributed by atoms with Crippen LogP contribution in [-0.4, -0.2) is 72.5 Å².